The van der Waals surface area contributed by atoms with Gasteiger partial charge in [-0.1, -0.05) is 11.3 Å². The van der Waals surface area contributed by atoms with Crippen molar-refractivity contribution in [1.82, 2.24) is 44.7 Å². The minimum atomic E-state index is -0.618. The van der Waals surface area contributed by atoms with Gasteiger partial charge in [-0.25, -0.2) is 24.6 Å². The minimum Gasteiger partial charge on any atom is -0.457 e. The molecule has 0 bridgehead atoms. The molecule has 7 rings (SSSR count). The number of rotatable bonds is 9. The number of nitrogens with one attached hydrogen (secondary N) is 1. The van der Waals surface area contributed by atoms with Gasteiger partial charge >= 0.3 is 0 Å². The number of benzene rings is 2. The highest BCUT2D eigenvalue weighted by molar-refractivity contribution is 5.87. The molecule has 2 aliphatic heterocycles. The summed E-state index contributed by atoms with van der Waals surface area (Å²) in [6.07, 6.45) is 6.55. The number of hydrogen-bond acceptors (Lipinski definition) is 13. The molecule has 1 unspecified atom stereocenters. The first kappa shape index (κ1) is 29.9. The van der Waals surface area contributed by atoms with Crippen molar-refractivity contribution in [2.75, 3.05) is 69.2 Å². The third-order valence-corrected chi connectivity index (χ3v) is 8.36. The number of aromatic nitrogens is 7. The van der Waals surface area contributed by atoms with Crippen LogP contribution in [0.4, 0.5) is 17.5 Å². The highest BCUT2D eigenvalue weighted by Gasteiger charge is 2.23. The highest BCUT2D eigenvalue weighted by Crippen LogP contribution is 2.31. The number of ether oxygens (including phenoxy) is 2. The average Bonchev–Trinajstić information content (AvgIpc) is 3.46. The number of hydrogen-bond donors (Lipinski definition) is 2. The fourth-order valence-corrected chi connectivity index (χ4v) is 5.70. The zero-order chi connectivity index (χ0) is 31.5. The van der Waals surface area contributed by atoms with Crippen LogP contribution in [0.3, 0.4) is 0 Å². The molecule has 3 aromatic heterocycles. The molecule has 0 saturated carbocycles. The van der Waals surface area contributed by atoms with Crippen molar-refractivity contribution in [3.8, 4) is 11.5 Å². The Labute approximate surface area is 266 Å². The lowest BCUT2D eigenvalue weighted by atomic mass is 10.2. The number of aliphatic hydroxyl groups excluding tert-OH is 1. The molecule has 2 saturated heterocycles. The van der Waals surface area contributed by atoms with Crippen molar-refractivity contribution in [3.63, 3.8) is 0 Å². The lowest BCUT2D eigenvalue weighted by Crippen LogP contribution is -2.50. The first-order chi connectivity index (χ1) is 22.5. The summed E-state index contributed by atoms with van der Waals surface area (Å²) in [6.45, 7) is 8.99. The highest BCUT2D eigenvalue weighted by atomic mass is 16.5. The molecule has 2 fully saturated rings. The van der Waals surface area contributed by atoms with E-state index in [0.717, 1.165) is 60.9 Å². The lowest BCUT2D eigenvalue weighted by Gasteiger charge is -2.36. The van der Waals surface area contributed by atoms with E-state index in [1.54, 1.807) is 10.9 Å². The summed E-state index contributed by atoms with van der Waals surface area (Å²) in [5, 5.41) is 22.4. The second-order valence-electron chi connectivity index (χ2n) is 11.5. The first-order valence-electron chi connectivity index (χ1n) is 15.5. The molecule has 14 nitrogen and oxygen atoms in total. The fraction of sp³-hybridized carbons (Fsp3) is 0.375. The first-order valence-corrected chi connectivity index (χ1v) is 15.5. The van der Waals surface area contributed by atoms with Gasteiger partial charge in [0.1, 0.15) is 40.6 Å². The second-order valence-corrected chi connectivity index (χ2v) is 11.5. The van der Waals surface area contributed by atoms with E-state index in [0.29, 0.717) is 54.7 Å². The Morgan fingerprint density at radius 2 is 1.85 bits per heavy atom. The fourth-order valence-electron chi connectivity index (χ4n) is 5.70. The molecule has 2 aromatic carbocycles. The molecule has 0 spiro atoms. The summed E-state index contributed by atoms with van der Waals surface area (Å²) in [5.41, 5.74) is 4.80. The Kier molecular flexibility index (Phi) is 8.66. The van der Waals surface area contributed by atoms with E-state index in [9.17, 15) is 5.11 Å². The molecule has 2 N–H and O–H groups in total. The topological polar surface area (TPSA) is 143 Å². The maximum absolute atomic E-state index is 10.7. The van der Waals surface area contributed by atoms with Gasteiger partial charge in [0.05, 0.1) is 24.9 Å². The molecule has 238 valence electrons. The summed E-state index contributed by atoms with van der Waals surface area (Å²) < 4.78 is 13.3. The summed E-state index contributed by atoms with van der Waals surface area (Å²) in [4.78, 5) is 24.9. The normalized spacial score (nSPS) is 17.2. The van der Waals surface area contributed by atoms with E-state index >= 15 is 0 Å². The van der Waals surface area contributed by atoms with E-state index in [-0.39, 0.29) is 0 Å². The Balaban J connectivity index is 0.997. The van der Waals surface area contributed by atoms with Gasteiger partial charge in [0.2, 0.25) is 5.95 Å². The van der Waals surface area contributed by atoms with Crippen molar-refractivity contribution in [3.05, 3.63) is 66.6 Å². The van der Waals surface area contributed by atoms with Gasteiger partial charge in [-0.05, 0) is 48.9 Å². The van der Waals surface area contributed by atoms with Crippen LogP contribution in [0.15, 0.2) is 61.1 Å². The van der Waals surface area contributed by atoms with E-state index in [2.05, 4.69) is 45.3 Å². The number of piperazine rings is 1. The van der Waals surface area contributed by atoms with Crippen LogP contribution in [0, 0.1) is 6.92 Å². The maximum Gasteiger partial charge on any atom is 0.226 e. The molecule has 0 aliphatic carbocycles. The molecule has 14 heteroatoms. The van der Waals surface area contributed by atoms with Crippen LogP contribution >= 0.6 is 0 Å². The van der Waals surface area contributed by atoms with Gasteiger partial charge in [0, 0.05) is 64.6 Å². The van der Waals surface area contributed by atoms with Crippen LogP contribution in [0.5, 0.6) is 11.5 Å². The van der Waals surface area contributed by atoms with Gasteiger partial charge in [0.25, 0.3) is 0 Å². The Hall–Kier alpha value is -4.76. The zero-order valence-corrected chi connectivity index (χ0v) is 26.0. The van der Waals surface area contributed by atoms with Crippen LogP contribution < -0.4 is 15.0 Å². The van der Waals surface area contributed by atoms with Crippen molar-refractivity contribution in [1.29, 1.82) is 0 Å². The van der Waals surface area contributed by atoms with Crippen LogP contribution in [0.1, 0.15) is 5.56 Å². The average molecular weight is 624 g/mol. The van der Waals surface area contributed by atoms with E-state index < -0.39 is 6.23 Å². The standard InChI is InChI=1S/C32H37N11O3/c1-22-18-23(5-8-28(22)46-24-6-7-27-25(19-24)38-39-40(27)2)36-31-30-26(34-21-35-31)20-33-32(37-30)43-12-10-42(11-13-43)29(44)4-3-9-41-14-16-45-17-15-41/h3-8,18-21,29,44H,9-17H2,1-2H3,(H,34,35,36)/b4-3+. The van der Waals surface area contributed by atoms with Gasteiger partial charge in [-0.15, -0.1) is 5.10 Å². The number of aryl methyl sites for hydroxylation is 2. The Morgan fingerprint density at radius 1 is 1.00 bits per heavy atom. The van der Waals surface area contributed by atoms with Crippen molar-refractivity contribution in [2.24, 2.45) is 7.05 Å². The smallest absolute Gasteiger partial charge is 0.226 e. The number of anilines is 3. The summed E-state index contributed by atoms with van der Waals surface area (Å²) in [5.74, 6) is 2.64. The summed E-state index contributed by atoms with van der Waals surface area (Å²) >= 11 is 0. The SMILES string of the molecule is Cc1cc(Nc2ncnc3cnc(N4CCN(C(O)/C=C/CN5CCOCC5)CC4)nc23)ccc1Oc1ccc2c(c1)nnn2C. The van der Waals surface area contributed by atoms with E-state index in [1.165, 1.54) is 6.33 Å². The van der Waals surface area contributed by atoms with Crippen LogP contribution in [-0.4, -0.2) is 115 Å². The molecular formula is C32H37N11O3. The Morgan fingerprint density at radius 3 is 2.67 bits per heavy atom. The Bertz CT molecular complexity index is 1850. The van der Waals surface area contributed by atoms with Crippen molar-refractivity contribution < 1.29 is 14.6 Å². The predicted octanol–water partition coefficient (Wildman–Crippen LogP) is 2.87. The monoisotopic (exact) mass is 623 g/mol. The quantitative estimate of drug-likeness (QED) is 0.233. The molecule has 1 atom stereocenters. The van der Waals surface area contributed by atoms with Crippen molar-refractivity contribution in [2.45, 2.75) is 13.2 Å². The maximum atomic E-state index is 10.7. The molecule has 0 radical (unpaired) electrons. The number of morpholine rings is 1. The van der Waals surface area contributed by atoms with Crippen LogP contribution in [0.2, 0.25) is 0 Å². The van der Waals surface area contributed by atoms with Gasteiger partial charge < -0.3 is 24.8 Å². The summed E-state index contributed by atoms with van der Waals surface area (Å²) in [7, 11) is 1.86. The number of fused-ring (bicyclic) bond motifs is 2. The molecule has 2 aliphatic rings. The second kappa shape index (κ2) is 13.3. The molecule has 5 aromatic rings. The third-order valence-electron chi connectivity index (χ3n) is 8.36. The molecular weight excluding hydrogens is 586 g/mol. The lowest BCUT2D eigenvalue weighted by molar-refractivity contribution is 0.0350. The largest absolute Gasteiger partial charge is 0.457 e. The van der Waals surface area contributed by atoms with E-state index in [4.69, 9.17) is 14.5 Å². The number of nitrogens with zero attached hydrogens (tertiary/aromatic N) is 10. The third kappa shape index (κ3) is 6.60. The number of aliphatic hydroxyl groups is 1. The molecule has 0 amide bonds. The van der Waals surface area contributed by atoms with Crippen LogP contribution in [-0.2, 0) is 11.8 Å². The van der Waals surface area contributed by atoms with Gasteiger partial charge in [-0.2, -0.15) is 0 Å². The van der Waals surface area contributed by atoms with Crippen molar-refractivity contribution >= 4 is 39.5 Å². The zero-order valence-electron chi connectivity index (χ0n) is 26.0. The van der Waals surface area contributed by atoms with Crippen LogP contribution in [0.25, 0.3) is 22.1 Å². The summed E-state index contributed by atoms with van der Waals surface area (Å²) in [6, 6.07) is 11.6. The van der Waals surface area contributed by atoms with Gasteiger partial charge in [0.15, 0.2) is 5.82 Å². The predicted molar refractivity (Wildman–Crippen MR) is 174 cm³/mol. The molecule has 5 heterocycles. The van der Waals surface area contributed by atoms with Gasteiger partial charge in [-0.3, -0.25) is 9.80 Å². The minimum absolute atomic E-state index is 0.592. The van der Waals surface area contributed by atoms with E-state index in [1.807, 2.05) is 62.5 Å². The molecule has 46 heavy (non-hydrogen) atoms.